The van der Waals surface area contributed by atoms with Crippen LogP contribution in [0.1, 0.15) is 11.1 Å². The van der Waals surface area contributed by atoms with Crippen molar-refractivity contribution in [2.75, 3.05) is 11.1 Å². The predicted molar refractivity (Wildman–Crippen MR) is 72.4 cm³/mol. The Morgan fingerprint density at radius 1 is 1.25 bits per heavy atom. The molecule has 106 valence electrons. The Bertz CT molecular complexity index is 614. The zero-order valence-corrected chi connectivity index (χ0v) is 11.0. The van der Waals surface area contributed by atoms with E-state index in [1.807, 2.05) is 6.07 Å². The quantitative estimate of drug-likeness (QED) is 0.844. The largest absolute Gasteiger partial charge is 0.417 e. The minimum atomic E-state index is -4.46. The van der Waals surface area contributed by atoms with Crippen molar-refractivity contribution in [2.24, 2.45) is 0 Å². The average Bonchev–Trinajstić information content (AvgIpc) is 2.36. The molecule has 0 spiro atoms. The first-order valence-electron chi connectivity index (χ1n) is 5.67. The van der Waals surface area contributed by atoms with Gasteiger partial charge >= 0.3 is 6.18 Å². The van der Waals surface area contributed by atoms with Crippen molar-refractivity contribution in [2.45, 2.75) is 12.7 Å². The molecule has 0 unspecified atom stereocenters. The van der Waals surface area contributed by atoms with E-state index < -0.39 is 11.7 Å². The zero-order chi connectivity index (χ0) is 14.8. The van der Waals surface area contributed by atoms with Crippen molar-refractivity contribution in [3.63, 3.8) is 0 Å². The summed E-state index contributed by atoms with van der Waals surface area (Å²) >= 11 is 5.78. The first-order valence-corrected chi connectivity index (χ1v) is 6.05. The lowest BCUT2D eigenvalue weighted by Crippen LogP contribution is -2.08. The SMILES string of the molecule is Nc1cccc(CNc2ncc(C(F)(F)F)cc2Cl)c1. The third-order valence-electron chi connectivity index (χ3n) is 2.58. The smallest absolute Gasteiger partial charge is 0.399 e. The first kappa shape index (κ1) is 14.5. The number of nitrogens with zero attached hydrogens (tertiary/aromatic N) is 1. The van der Waals surface area contributed by atoms with Crippen LogP contribution in [0.4, 0.5) is 24.7 Å². The first-order chi connectivity index (χ1) is 9.36. The second-order valence-corrected chi connectivity index (χ2v) is 4.56. The molecule has 1 heterocycles. The fourth-order valence-corrected chi connectivity index (χ4v) is 1.85. The Morgan fingerprint density at radius 2 is 2.00 bits per heavy atom. The molecule has 1 aromatic carbocycles. The van der Waals surface area contributed by atoms with Gasteiger partial charge in [0.1, 0.15) is 5.82 Å². The number of nitrogens with two attached hydrogens (primary N) is 1. The molecule has 0 saturated heterocycles. The van der Waals surface area contributed by atoms with Crippen LogP contribution in [0.5, 0.6) is 0 Å². The molecule has 2 aromatic rings. The summed E-state index contributed by atoms with van der Waals surface area (Å²) in [7, 11) is 0. The second kappa shape index (κ2) is 5.58. The maximum atomic E-state index is 12.5. The molecule has 0 atom stereocenters. The highest BCUT2D eigenvalue weighted by atomic mass is 35.5. The van der Waals surface area contributed by atoms with Gasteiger partial charge in [-0.2, -0.15) is 13.2 Å². The summed E-state index contributed by atoms with van der Waals surface area (Å²) in [6.45, 7) is 0.364. The van der Waals surface area contributed by atoms with Crippen LogP contribution < -0.4 is 11.1 Å². The molecule has 0 fully saturated rings. The van der Waals surface area contributed by atoms with E-state index in [0.717, 1.165) is 17.8 Å². The number of pyridine rings is 1. The van der Waals surface area contributed by atoms with Gasteiger partial charge in [0, 0.05) is 18.4 Å². The number of hydrogen-bond donors (Lipinski definition) is 2. The predicted octanol–water partition coefficient (Wildman–Crippen LogP) is 3.95. The lowest BCUT2D eigenvalue weighted by molar-refractivity contribution is -0.137. The molecule has 0 radical (unpaired) electrons. The summed E-state index contributed by atoms with van der Waals surface area (Å²) < 4.78 is 37.4. The number of nitrogen functional groups attached to an aromatic ring is 1. The highest BCUT2D eigenvalue weighted by Crippen LogP contribution is 2.32. The van der Waals surface area contributed by atoms with Crippen LogP contribution in [-0.4, -0.2) is 4.98 Å². The number of aromatic nitrogens is 1. The lowest BCUT2D eigenvalue weighted by Gasteiger charge is -2.11. The fourth-order valence-electron chi connectivity index (χ4n) is 1.61. The Morgan fingerprint density at radius 3 is 2.60 bits per heavy atom. The maximum Gasteiger partial charge on any atom is 0.417 e. The number of nitrogens with one attached hydrogen (secondary N) is 1. The molecule has 0 amide bonds. The van der Waals surface area contributed by atoms with Gasteiger partial charge in [-0.1, -0.05) is 23.7 Å². The minimum Gasteiger partial charge on any atom is -0.399 e. The molecule has 2 rings (SSSR count). The summed E-state index contributed by atoms with van der Waals surface area (Å²) in [5.74, 6) is 0.196. The van der Waals surface area contributed by atoms with Crippen molar-refractivity contribution >= 4 is 23.1 Å². The Hall–Kier alpha value is -1.95. The number of benzene rings is 1. The van der Waals surface area contributed by atoms with Crippen LogP contribution >= 0.6 is 11.6 Å². The highest BCUT2D eigenvalue weighted by molar-refractivity contribution is 6.32. The zero-order valence-electron chi connectivity index (χ0n) is 10.2. The molecule has 3 nitrogen and oxygen atoms in total. The van der Waals surface area contributed by atoms with E-state index in [9.17, 15) is 13.2 Å². The topological polar surface area (TPSA) is 50.9 Å². The van der Waals surface area contributed by atoms with Crippen LogP contribution in [0.15, 0.2) is 36.5 Å². The van der Waals surface area contributed by atoms with Crippen LogP contribution in [0.25, 0.3) is 0 Å². The van der Waals surface area contributed by atoms with Crippen LogP contribution in [0, 0.1) is 0 Å². The number of alkyl halides is 3. The van der Waals surface area contributed by atoms with Gasteiger partial charge in [-0.25, -0.2) is 4.98 Å². The van der Waals surface area contributed by atoms with E-state index in [4.69, 9.17) is 17.3 Å². The number of anilines is 2. The average molecular weight is 302 g/mol. The molecule has 0 aliphatic rings. The van der Waals surface area contributed by atoms with Gasteiger partial charge < -0.3 is 11.1 Å². The van der Waals surface area contributed by atoms with Crippen molar-refractivity contribution in [1.82, 2.24) is 4.98 Å². The Balaban J connectivity index is 2.11. The van der Waals surface area contributed by atoms with E-state index >= 15 is 0 Å². The van der Waals surface area contributed by atoms with Gasteiger partial charge in [0.25, 0.3) is 0 Å². The Labute approximate surface area is 118 Å². The molecule has 7 heteroatoms. The molecule has 0 bridgehead atoms. The highest BCUT2D eigenvalue weighted by Gasteiger charge is 2.31. The Kier molecular flexibility index (Phi) is 4.04. The molecule has 20 heavy (non-hydrogen) atoms. The third kappa shape index (κ3) is 3.54. The van der Waals surface area contributed by atoms with Crippen molar-refractivity contribution in [1.29, 1.82) is 0 Å². The third-order valence-corrected chi connectivity index (χ3v) is 2.87. The van der Waals surface area contributed by atoms with E-state index in [-0.39, 0.29) is 10.8 Å². The molecule has 1 aromatic heterocycles. The van der Waals surface area contributed by atoms with Gasteiger partial charge in [-0.05, 0) is 23.8 Å². The minimum absolute atomic E-state index is 0.0799. The van der Waals surface area contributed by atoms with E-state index in [0.29, 0.717) is 12.2 Å². The standard InChI is InChI=1S/C13H11ClF3N3/c14-11-5-9(13(15,16)17)7-20-12(11)19-6-8-2-1-3-10(18)4-8/h1-5,7H,6,18H2,(H,19,20). The van der Waals surface area contributed by atoms with E-state index in [1.165, 1.54) is 0 Å². The number of rotatable bonds is 3. The van der Waals surface area contributed by atoms with Gasteiger partial charge in [-0.3, -0.25) is 0 Å². The summed E-state index contributed by atoms with van der Waals surface area (Å²) in [4.78, 5) is 3.69. The van der Waals surface area contributed by atoms with Crippen LogP contribution in [0.2, 0.25) is 5.02 Å². The van der Waals surface area contributed by atoms with Crippen molar-refractivity contribution < 1.29 is 13.2 Å². The molecule has 0 aliphatic heterocycles. The fraction of sp³-hybridized carbons (Fsp3) is 0.154. The van der Waals surface area contributed by atoms with Gasteiger partial charge in [0.05, 0.1) is 10.6 Å². The lowest BCUT2D eigenvalue weighted by atomic mass is 10.2. The molecule has 0 aliphatic carbocycles. The maximum absolute atomic E-state index is 12.5. The summed E-state index contributed by atoms with van der Waals surface area (Å²) in [5.41, 5.74) is 6.24. The molecular formula is C13H11ClF3N3. The van der Waals surface area contributed by atoms with E-state index in [1.54, 1.807) is 18.2 Å². The van der Waals surface area contributed by atoms with Gasteiger partial charge in [-0.15, -0.1) is 0 Å². The molecular weight excluding hydrogens is 291 g/mol. The monoisotopic (exact) mass is 301 g/mol. The number of hydrogen-bond acceptors (Lipinski definition) is 3. The second-order valence-electron chi connectivity index (χ2n) is 4.15. The van der Waals surface area contributed by atoms with Crippen molar-refractivity contribution in [3.05, 3.63) is 52.7 Å². The van der Waals surface area contributed by atoms with Crippen molar-refractivity contribution in [3.8, 4) is 0 Å². The van der Waals surface area contributed by atoms with Crippen LogP contribution in [0.3, 0.4) is 0 Å². The molecule has 3 N–H and O–H groups in total. The summed E-state index contributed by atoms with van der Waals surface area (Å²) in [6.07, 6.45) is -3.71. The normalized spacial score (nSPS) is 11.4. The van der Waals surface area contributed by atoms with Gasteiger partial charge in [0.2, 0.25) is 0 Å². The number of halogens is 4. The summed E-state index contributed by atoms with van der Waals surface area (Å²) in [5, 5.41) is 2.79. The van der Waals surface area contributed by atoms with Gasteiger partial charge in [0.15, 0.2) is 0 Å². The summed E-state index contributed by atoms with van der Waals surface area (Å²) in [6, 6.07) is 7.96. The van der Waals surface area contributed by atoms with E-state index in [2.05, 4.69) is 10.3 Å². The van der Waals surface area contributed by atoms with Crippen LogP contribution in [-0.2, 0) is 12.7 Å². The molecule has 0 saturated carbocycles.